The Morgan fingerprint density at radius 2 is 1.67 bits per heavy atom. The minimum atomic E-state index is -0.662. The first kappa shape index (κ1) is 20.8. The minimum Gasteiger partial charge on any atom is -0.372 e. The van der Waals surface area contributed by atoms with E-state index in [0.717, 1.165) is 29.9 Å². The summed E-state index contributed by atoms with van der Waals surface area (Å²) in [6.45, 7) is 8.33. The number of carbonyl (C=O) groups excluding carboxylic acids is 2. The van der Waals surface area contributed by atoms with Crippen molar-refractivity contribution in [2.75, 3.05) is 29.9 Å². The van der Waals surface area contributed by atoms with Crippen LogP contribution in [-0.4, -0.2) is 31.4 Å². The van der Waals surface area contributed by atoms with Crippen LogP contribution >= 0.6 is 11.6 Å². The van der Waals surface area contributed by atoms with Crippen molar-refractivity contribution in [1.82, 2.24) is 5.32 Å². The molecule has 0 heterocycles. The van der Waals surface area contributed by atoms with Gasteiger partial charge in [0.25, 0.3) is 0 Å². The van der Waals surface area contributed by atoms with Gasteiger partial charge in [0.1, 0.15) is 0 Å². The van der Waals surface area contributed by atoms with Crippen molar-refractivity contribution in [1.29, 1.82) is 0 Å². The highest BCUT2D eigenvalue weighted by Crippen LogP contribution is 2.22. The molecule has 2 N–H and O–H groups in total. The van der Waals surface area contributed by atoms with E-state index in [1.165, 1.54) is 0 Å². The molecule has 0 saturated carbocycles. The molecule has 2 rings (SSSR count). The van der Waals surface area contributed by atoms with E-state index in [1.807, 2.05) is 37.3 Å². The average molecular weight is 388 g/mol. The normalized spacial score (nSPS) is 10.4. The van der Waals surface area contributed by atoms with E-state index in [9.17, 15) is 9.59 Å². The summed E-state index contributed by atoms with van der Waals surface area (Å²) < 4.78 is 0. The third-order valence-corrected chi connectivity index (χ3v) is 4.66. The van der Waals surface area contributed by atoms with Crippen molar-refractivity contribution in [2.45, 2.75) is 27.2 Å². The maximum atomic E-state index is 12.1. The van der Waals surface area contributed by atoms with Crippen LogP contribution in [0.15, 0.2) is 42.5 Å². The molecule has 0 aromatic heterocycles. The summed E-state index contributed by atoms with van der Waals surface area (Å²) in [5, 5.41) is 5.99. The van der Waals surface area contributed by atoms with Gasteiger partial charge in [0.2, 0.25) is 0 Å². The van der Waals surface area contributed by atoms with Gasteiger partial charge in [0, 0.05) is 36.0 Å². The molecule has 0 fully saturated rings. The molecule has 144 valence electrons. The smallest absolute Gasteiger partial charge is 0.313 e. The Balaban J connectivity index is 1.88. The molecule has 0 unspecified atom stereocenters. The fourth-order valence-corrected chi connectivity index (χ4v) is 2.93. The van der Waals surface area contributed by atoms with Gasteiger partial charge in [-0.25, -0.2) is 0 Å². The lowest BCUT2D eigenvalue weighted by Crippen LogP contribution is -2.36. The summed E-state index contributed by atoms with van der Waals surface area (Å²) in [5.41, 5.74) is 3.70. The quantitative estimate of drug-likeness (QED) is 0.710. The zero-order valence-corrected chi connectivity index (χ0v) is 16.8. The molecule has 0 saturated heterocycles. The average Bonchev–Trinajstić information content (AvgIpc) is 2.66. The highest BCUT2D eigenvalue weighted by Gasteiger charge is 2.14. The summed E-state index contributed by atoms with van der Waals surface area (Å²) >= 11 is 5.85. The predicted molar refractivity (Wildman–Crippen MR) is 112 cm³/mol. The van der Waals surface area contributed by atoms with Gasteiger partial charge in [-0.2, -0.15) is 0 Å². The van der Waals surface area contributed by atoms with Crippen LogP contribution < -0.4 is 15.5 Å². The predicted octanol–water partition coefficient (Wildman–Crippen LogP) is 3.79. The fourth-order valence-electron chi connectivity index (χ4n) is 2.80. The van der Waals surface area contributed by atoms with Crippen molar-refractivity contribution in [3.05, 3.63) is 58.6 Å². The van der Waals surface area contributed by atoms with E-state index in [4.69, 9.17) is 11.6 Å². The molecule has 0 atom stereocenters. The minimum absolute atomic E-state index is 0.383. The van der Waals surface area contributed by atoms with Crippen LogP contribution in [0.25, 0.3) is 0 Å². The molecule has 2 amide bonds. The van der Waals surface area contributed by atoms with Gasteiger partial charge in [-0.15, -0.1) is 0 Å². The van der Waals surface area contributed by atoms with E-state index in [0.29, 0.717) is 23.7 Å². The van der Waals surface area contributed by atoms with Crippen LogP contribution in [0.5, 0.6) is 0 Å². The lowest BCUT2D eigenvalue weighted by atomic mass is 10.1. The molecular formula is C21H26ClN3O2. The van der Waals surface area contributed by atoms with Crippen LogP contribution in [0.4, 0.5) is 11.4 Å². The van der Waals surface area contributed by atoms with Crippen molar-refractivity contribution in [3.8, 4) is 0 Å². The Morgan fingerprint density at radius 1 is 1.00 bits per heavy atom. The highest BCUT2D eigenvalue weighted by molar-refractivity contribution is 6.39. The lowest BCUT2D eigenvalue weighted by molar-refractivity contribution is -0.136. The van der Waals surface area contributed by atoms with Crippen molar-refractivity contribution in [2.24, 2.45) is 0 Å². The zero-order valence-electron chi connectivity index (χ0n) is 16.0. The number of anilines is 2. The summed E-state index contributed by atoms with van der Waals surface area (Å²) in [4.78, 5) is 26.4. The molecule has 27 heavy (non-hydrogen) atoms. The van der Waals surface area contributed by atoms with Gasteiger partial charge < -0.3 is 15.5 Å². The molecule has 0 aliphatic rings. The van der Waals surface area contributed by atoms with Crippen molar-refractivity contribution >= 4 is 34.8 Å². The number of hydrogen-bond acceptors (Lipinski definition) is 3. The molecule has 0 bridgehead atoms. The highest BCUT2D eigenvalue weighted by atomic mass is 35.5. The van der Waals surface area contributed by atoms with Crippen molar-refractivity contribution in [3.63, 3.8) is 0 Å². The Hall–Kier alpha value is -2.53. The Kier molecular flexibility index (Phi) is 7.67. The molecular weight excluding hydrogens is 362 g/mol. The third kappa shape index (κ3) is 6.00. The van der Waals surface area contributed by atoms with E-state index in [2.05, 4.69) is 29.4 Å². The number of amides is 2. The van der Waals surface area contributed by atoms with E-state index >= 15 is 0 Å². The number of aryl methyl sites for hydroxylation is 1. The van der Waals surface area contributed by atoms with Crippen LogP contribution in [-0.2, 0) is 16.0 Å². The molecule has 5 nitrogen and oxygen atoms in total. The summed E-state index contributed by atoms with van der Waals surface area (Å²) in [5.74, 6) is -1.30. The molecule has 0 radical (unpaired) electrons. The number of hydrogen-bond donors (Lipinski definition) is 2. The maximum absolute atomic E-state index is 12.1. The topological polar surface area (TPSA) is 61.4 Å². The van der Waals surface area contributed by atoms with Gasteiger partial charge in [0.15, 0.2) is 0 Å². The first-order valence-corrected chi connectivity index (χ1v) is 9.51. The zero-order chi connectivity index (χ0) is 19.8. The molecule has 0 spiro atoms. The number of nitrogens with zero attached hydrogens (tertiary/aromatic N) is 1. The van der Waals surface area contributed by atoms with E-state index < -0.39 is 11.8 Å². The summed E-state index contributed by atoms with van der Waals surface area (Å²) in [6, 6.07) is 13.2. The first-order valence-electron chi connectivity index (χ1n) is 9.13. The number of halogens is 1. The number of benzene rings is 2. The number of carbonyl (C=O) groups is 2. The van der Waals surface area contributed by atoms with Crippen LogP contribution in [0.1, 0.15) is 25.0 Å². The number of rotatable bonds is 7. The van der Waals surface area contributed by atoms with Crippen LogP contribution in [0.2, 0.25) is 5.02 Å². The van der Waals surface area contributed by atoms with E-state index in [-0.39, 0.29) is 0 Å². The van der Waals surface area contributed by atoms with Gasteiger partial charge in [-0.3, -0.25) is 9.59 Å². The number of nitrogens with one attached hydrogen (secondary N) is 2. The van der Waals surface area contributed by atoms with Gasteiger partial charge in [0.05, 0.1) is 0 Å². The largest absolute Gasteiger partial charge is 0.372 e. The van der Waals surface area contributed by atoms with Gasteiger partial charge in [-0.1, -0.05) is 23.7 Å². The van der Waals surface area contributed by atoms with Gasteiger partial charge >= 0.3 is 11.8 Å². The summed E-state index contributed by atoms with van der Waals surface area (Å²) in [6.07, 6.45) is 0.633. The first-order chi connectivity index (χ1) is 12.9. The third-order valence-electron chi connectivity index (χ3n) is 4.41. The Bertz CT molecular complexity index is 787. The van der Waals surface area contributed by atoms with Gasteiger partial charge in [-0.05, 0) is 68.7 Å². The molecule has 0 aliphatic heterocycles. The standard InChI is InChI=1S/C21H26ClN3O2/c1-4-25(5-2)18-10-11-19(15(3)14-18)24-21(27)20(26)23-13-12-16-6-8-17(22)9-7-16/h6-11,14H,4-5,12-13H2,1-3H3,(H,23,26)(H,24,27). The maximum Gasteiger partial charge on any atom is 0.313 e. The molecule has 2 aromatic rings. The fraction of sp³-hybridized carbons (Fsp3) is 0.333. The second-order valence-electron chi connectivity index (χ2n) is 6.26. The van der Waals surface area contributed by atoms with Crippen molar-refractivity contribution < 1.29 is 9.59 Å². The second-order valence-corrected chi connectivity index (χ2v) is 6.69. The Morgan fingerprint density at radius 3 is 2.26 bits per heavy atom. The monoisotopic (exact) mass is 387 g/mol. The second kappa shape index (κ2) is 9.97. The lowest BCUT2D eigenvalue weighted by Gasteiger charge is -2.22. The molecule has 2 aromatic carbocycles. The van der Waals surface area contributed by atoms with E-state index in [1.54, 1.807) is 12.1 Å². The SMILES string of the molecule is CCN(CC)c1ccc(NC(=O)C(=O)NCCc2ccc(Cl)cc2)c(C)c1. The summed E-state index contributed by atoms with van der Waals surface area (Å²) in [7, 11) is 0. The van der Waals surface area contributed by atoms with Crippen LogP contribution in [0, 0.1) is 6.92 Å². The molecule has 6 heteroatoms. The van der Waals surface area contributed by atoms with Crippen LogP contribution in [0.3, 0.4) is 0 Å². The Labute approximate surface area is 165 Å². The molecule has 0 aliphatic carbocycles.